The Morgan fingerprint density at radius 2 is 1.96 bits per heavy atom. The molecule has 1 saturated heterocycles. The van der Waals surface area contributed by atoms with E-state index in [4.69, 9.17) is 21.4 Å². The van der Waals surface area contributed by atoms with Crippen molar-refractivity contribution >= 4 is 23.2 Å². The van der Waals surface area contributed by atoms with Crippen LogP contribution in [0.5, 0.6) is 0 Å². The highest BCUT2D eigenvalue weighted by atomic mass is 32.1. The number of ether oxygens (including phenoxy) is 1. The average molecular weight is 411 g/mol. The third-order valence-corrected chi connectivity index (χ3v) is 4.97. The summed E-state index contributed by atoms with van der Waals surface area (Å²) in [5.74, 6) is 0.730. The van der Waals surface area contributed by atoms with E-state index in [1.165, 1.54) is 12.8 Å². The number of nitrogens with one attached hydrogen (secondary N) is 3. The first-order valence-electron chi connectivity index (χ1n) is 10.4. The molecule has 28 heavy (non-hydrogen) atoms. The van der Waals surface area contributed by atoms with Crippen LogP contribution in [0.15, 0.2) is 16.5 Å². The average Bonchev–Trinajstić information content (AvgIpc) is 3.38. The van der Waals surface area contributed by atoms with E-state index in [0.717, 1.165) is 57.7 Å². The Labute approximate surface area is 173 Å². The van der Waals surface area contributed by atoms with Crippen LogP contribution in [0.4, 0.5) is 0 Å². The van der Waals surface area contributed by atoms with Gasteiger partial charge in [-0.15, -0.1) is 0 Å². The monoisotopic (exact) mass is 410 g/mol. The summed E-state index contributed by atoms with van der Waals surface area (Å²) < 4.78 is 11.3. The highest BCUT2D eigenvalue weighted by Gasteiger charge is 2.16. The molecule has 0 aliphatic carbocycles. The van der Waals surface area contributed by atoms with E-state index in [-0.39, 0.29) is 17.8 Å². The lowest BCUT2D eigenvalue weighted by molar-refractivity contribution is 0.0911. The second-order valence-corrected chi connectivity index (χ2v) is 7.58. The zero-order valence-corrected chi connectivity index (χ0v) is 17.9. The molecule has 0 aromatic carbocycles. The van der Waals surface area contributed by atoms with Crippen molar-refractivity contribution in [1.82, 2.24) is 21.1 Å². The van der Waals surface area contributed by atoms with Gasteiger partial charge in [0.05, 0.1) is 12.6 Å². The maximum atomic E-state index is 12.3. The zero-order chi connectivity index (χ0) is 20.2. The Morgan fingerprint density at radius 1 is 1.21 bits per heavy atom. The molecule has 1 aliphatic heterocycles. The van der Waals surface area contributed by atoms with E-state index < -0.39 is 0 Å². The maximum Gasteiger partial charge on any atom is 0.305 e. The zero-order valence-electron chi connectivity index (χ0n) is 17.1. The largest absolute Gasteiger partial charge is 0.454 e. The Hall–Kier alpha value is -1.64. The van der Waals surface area contributed by atoms with E-state index in [0.29, 0.717) is 11.7 Å². The number of amides is 1. The second-order valence-electron chi connectivity index (χ2n) is 7.17. The number of thiocarbonyl (C=S) groups is 1. The Balaban J connectivity index is 1.74. The number of hydrogen-bond acceptors (Lipinski definition) is 5. The molecule has 1 aromatic heterocycles. The summed E-state index contributed by atoms with van der Waals surface area (Å²) >= 11 is 5.17. The van der Waals surface area contributed by atoms with Gasteiger partial charge in [-0.25, -0.2) is 0 Å². The predicted molar refractivity (Wildman–Crippen MR) is 114 cm³/mol. The number of carbonyl (C=O) groups is 1. The summed E-state index contributed by atoms with van der Waals surface area (Å²) in [7, 11) is 0. The third kappa shape index (κ3) is 8.16. The van der Waals surface area contributed by atoms with Gasteiger partial charge in [-0.3, -0.25) is 20.5 Å². The summed E-state index contributed by atoms with van der Waals surface area (Å²) in [4.78, 5) is 14.6. The first-order chi connectivity index (χ1) is 13.6. The van der Waals surface area contributed by atoms with E-state index in [9.17, 15) is 4.79 Å². The maximum absolute atomic E-state index is 12.3. The number of carbonyl (C=O) groups excluding carboxylic acids is 1. The molecule has 0 saturated carbocycles. The van der Waals surface area contributed by atoms with Crippen LogP contribution >= 0.6 is 12.2 Å². The minimum absolute atomic E-state index is 0.187. The summed E-state index contributed by atoms with van der Waals surface area (Å²) in [5, 5.41) is 3.41. The molecule has 0 spiro atoms. The Bertz CT molecular complexity index is 594. The SMILES string of the molecule is CCCCN(CCCC)Cc1ccc(C(=O)NNC(=S)NC[C@H]2CCCO2)o1. The van der Waals surface area contributed by atoms with Crippen molar-refractivity contribution in [2.75, 3.05) is 26.2 Å². The fourth-order valence-corrected chi connectivity index (χ4v) is 3.20. The second kappa shape index (κ2) is 12.7. The van der Waals surface area contributed by atoms with E-state index in [1.54, 1.807) is 6.07 Å². The van der Waals surface area contributed by atoms with Crippen molar-refractivity contribution in [2.45, 2.75) is 65.0 Å². The molecule has 1 atom stereocenters. The third-order valence-electron chi connectivity index (χ3n) is 4.72. The van der Waals surface area contributed by atoms with Crippen molar-refractivity contribution in [3.05, 3.63) is 23.7 Å². The molecule has 2 rings (SSSR count). The fourth-order valence-electron chi connectivity index (χ4n) is 3.07. The van der Waals surface area contributed by atoms with E-state index in [1.807, 2.05) is 6.07 Å². The molecule has 1 fully saturated rings. The van der Waals surface area contributed by atoms with Crippen molar-refractivity contribution in [2.24, 2.45) is 0 Å². The normalized spacial score (nSPS) is 16.3. The summed E-state index contributed by atoms with van der Waals surface area (Å²) in [6, 6.07) is 3.57. The van der Waals surface area contributed by atoms with Crippen molar-refractivity contribution in [1.29, 1.82) is 0 Å². The molecule has 7 nitrogen and oxygen atoms in total. The van der Waals surface area contributed by atoms with Crippen LogP contribution in [0.2, 0.25) is 0 Å². The van der Waals surface area contributed by atoms with E-state index in [2.05, 4.69) is 34.9 Å². The lowest BCUT2D eigenvalue weighted by Crippen LogP contribution is -2.48. The van der Waals surface area contributed by atoms with Gasteiger partial charge in [0, 0.05) is 13.2 Å². The van der Waals surface area contributed by atoms with Gasteiger partial charge in [-0.2, -0.15) is 0 Å². The van der Waals surface area contributed by atoms with Gasteiger partial charge in [0.2, 0.25) is 0 Å². The number of rotatable bonds is 11. The topological polar surface area (TPSA) is 78.8 Å². The van der Waals surface area contributed by atoms with Crippen molar-refractivity contribution in [3.8, 4) is 0 Å². The smallest absolute Gasteiger partial charge is 0.305 e. The highest BCUT2D eigenvalue weighted by molar-refractivity contribution is 7.80. The predicted octanol–water partition coefficient (Wildman–Crippen LogP) is 2.97. The minimum atomic E-state index is -0.346. The lowest BCUT2D eigenvalue weighted by atomic mass is 10.2. The summed E-state index contributed by atoms with van der Waals surface area (Å²) in [5.41, 5.74) is 5.27. The van der Waals surface area contributed by atoms with Crippen LogP contribution in [0.25, 0.3) is 0 Å². The van der Waals surface area contributed by atoms with Gasteiger partial charge in [-0.1, -0.05) is 26.7 Å². The first-order valence-corrected chi connectivity index (χ1v) is 10.8. The molecular formula is C20H34N4O3S. The van der Waals surface area contributed by atoms with Crippen molar-refractivity contribution in [3.63, 3.8) is 0 Å². The van der Waals surface area contributed by atoms with Crippen molar-refractivity contribution < 1.29 is 13.9 Å². The van der Waals surface area contributed by atoms with Gasteiger partial charge in [0.25, 0.3) is 0 Å². The molecule has 0 radical (unpaired) electrons. The molecule has 2 heterocycles. The van der Waals surface area contributed by atoms with Crippen LogP contribution in [-0.2, 0) is 11.3 Å². The first kappa shape index (κ1) is 22.6. The molecule has 1 amide bonds. The highest BCUT2D eigenvalue weighted by Crippen LogP contribution is 2.12. The molecule has 158 valence electrons. The number of furan rings is 1. The quantitative estimate of drug-likeness (QED) is 0.382. The summed E-state index contributed by atoms with van der Waals surface area (Å²) in [6.45, 7) is 8.65. The van der Waals surface area contributed by atoms with Crippen LogP contribution < -0.4 is 16.2 Å². The standard InChI is InChI=1S/C20H34N4O3S/c1-3-5-11-24(12-6-4-2)15-17-9-10-18(27-17)19(25)22-23-20(28)21-14-16-8-7-13-26-16/h9-10,16H,3-8,11-15H2,1-2H3,(H,22,25)(H2,21,23,28)/t16-/m1/s1. The van der Waals surface area contributed by atoms with Crippen LogP contribution in [0.3, 0.4) is 0 Å². The molecule has 1 aliphatic rings. The Morgan fingerprint density at radius 3 is 2.61 bits per heavy atom. The molecule has 3 N–H and O–H groups in total. The molecule has 1 aromatic rings. The number of hydrogen-bond donors (Lipinski definition) is 3. The number of unbranched alkanes of at least 4 members (excludes halogenated alkanes) is 2. The Kier molecular flexibility index (Phi) is 10.3. The van der Waals surface area contributed by atoms with Gasteiger partial charge >= 0.3 is 5.91 Å². The molecular weight excluding hydrogens is 376 g/mol. The number of hydrazine groups is 1. The fraction of sp³-hybridized carbons (Fsp3) is 0.700. The molecule has 0 unspecified atom stereocenters. The van der Waals surface area contributed by atoms with Gasteiger partial charge in [-0.05, 0) is 63.1 Å². The minimum Gasteiger partial charge on any atom is -0.454 e. The van der Waals surface area contributed by atoms with Gasteiger partial charge in [0.1, 0.15) is 5.76 Å². The molecule has 0 bridgehead atoms. The van der Waals surface area contributed by atoms with Gasteiger partial charge < -0.3 is 14.5 Å². The number of nitrogens with zero attached hydrogens (tertiary/aromatic N) is 1. The van der Waals surface area contributed by atoms with Crippen LogP contribution in [0.1, 0.15) is 68.7 Å². The lowest BCUT2D eigenvalue weighted by Gasteiger charge is -2.20. The van der Waals surface area contributed by atoms with Gasteiger partial charge in [0.15, 0.2) is 10.9 Å². The van der Waals surface area contributed by atoms with Crippen LogP contribution in [-0.4, -0.2) is 48.3 Å². The molecule has 8 heteroatoms. The summed E-state index contributed by atoms with van der Waals surface area (Å²) in [6.07, 6.45) is 6.97. The van der Waals surface area contributed by atoms with Crippen LogP contribution in [0, 0.1) is 0 Å². The van der Waals surface area contributed by atoms with E-state index >= 15 is 0 Å².